The third-order valence-corrected chi connectivity index (χ3v) is 5.02. The molecule has 0 aromatic carbocycles. The van der Waals surface area contributed by atoms with Crippen LogP contribution in [0.15, 0.2) is 4.99 Å². The first-order valence-corrected chi connectivity index (χ1v) is 9.21. The Balaban J connectivity index is 1.65. The lowest BCUT2D eigenvalue weighted by Crippen LogP contribution is -2.48. The number of aliphatic imine (C=N–C) groups is 1. The fourth-order valence-electron chi connectivity index (χ4n) is 3.67. The molecule has 2 aliphatic rings. The van der Waals surface area contributed by atoms with Crippen molar-refractivity contribution in [1.82, 2.24) is 20.9 Å². The third kappa shape index (κ3) is 6.01. The van der Waals surface area contributed by atoms with Gasteiger partial charge in [0, 0.05) is 25.7 Å². The zero-order chi connectivity index (χ0) is 16.5. The SMILES string of the molecule is CCN1CCCC1CNC(=NC)NCC(=O)NC1CCCCC1. The minimum atomic E-state index is 0.0656. The molecule has 1 saturated heterocycles. The number of hydrogen-bond donors (Lipinski definition) is 3. The number of rotatable bonds is 6. The van der Waals surface area contributed by atoms with E-state index in [0.29, 0.717) is 24.6 Å². The zero-order valence-electron chi connectivity index (χ0n) is 14.7. The van der Waals surface area contributed by atoms with Crippen LogP contribution in [-0.4, -0.2) is 62.1 Å². The Hall–Kier alpha value is -1.30. The second-order valence-corrected chi connectivity index (χ2v) is 6.63. The lowest BCUT2D eigenvalue weighted by molar-refractivity contribution is -0.120. The molecular weight excluding hydrogens is 290 g/mol. The lowest BCUT2D eigenvalue weighted by atomic mass is 9.95. The summed E-state index contributed by atoms with van der Waals surface area (Å²) in [6, 6.07) is 0.944. The minimum Gasteiger partial charge on any atom is -0.355 e. The highest BCUT2D eigenvalue weighted by Crippen LogP contribution is 2.17. The Kier molecular flexibility index (Phi) is 7.65. The first-order chi connectivity index (χ1) is 11.2. The van der Waals surface area contributed by atoms with E-state index < -0.39 is 0 Å². The summed E-state index contributed by atoms with van der Waals surface area (Å²) >= 11 is 0. The van der Waals surface area contributed by atoms with Crippen LogP contribution in [0.3, 0.4) is 0 Å². The molecule has 0 radical (unpaired) electrons. The number of carbonyl (C=O) groups is 1. The predicted molar refractivity (Wildman–Crippen MR) is 94.6 cm³/mol. The van der Waals surface area contributed by atoms with E-state index >= 15 is 0 Å². The normalized spacial score (nSPS) is 23.7. The van der Waals surface area contributed by atoms with Crippen molar-refractivity contribution >= 4 is 11.9 Å². The minimum absolute atomic E-state index is 0.0656. The van der Waals surface area contributed by atoms with Gasteiger partial charge in [0.25, 0.3) is 0 Å². The van der Waals surface area contributed by atoms with Gasteiger partial charge in [0.15, 0.2) is 5.96 Å². The predicted octanol–water partition coefficient (Wildman–Crippen LogP) is 1.08. The molecular formula is C17H33N5O. The van der Waals surface area contributed by atoms with Gasteiger partial charge < -0.3 is 16.0 Å². The molecule has 6 heteroatoms. The second kappa shape index (κ2) is 9.75. The van der Waals surface area contributed by atoms with Crippen molar-refractivity contribution in [2.24, 2.45) is 4.99 Å². The van der Waals surface area contributed by atoms with Gasteiger partial charge in [0.05, 0.1) is 6.54 Å². The summed E-state index contributed by atoms with van der Waals surface area (Å²) in [5.41, 5.74) is 0. The first-order valence-electron chi connectivity index (χ1n) is 9.21. The smallest absolute Gasteiger partial charge is 0.239 e. The van der Waals surface area contributed by atoms with E-state index in [1.54, 1.807) is 7.05 Å². The number of likely N-dealkylation sites (N-methyl/N-ethyl adjacent to an activating group) is 1. The first kappa shape index (κ1) is 18.0. The van der Waals surface area contributed by atoms with Crippen LogP contribution < -0.4 is 16.0 Å². The Bertz CT molecular complexity index is 392. The summed E-state index contributed by atoms with van der Waals surface area (Å²) in [4.78, 5) is 18.7. The van der Waals surface area contributed by atoms with Gasteiger partial charge in [-0.2, -0.15) is 0 Å². The van der Waals surface area contributed by atoms with Gasteiger partial charge in [0.2, 0.25) is 5.91 Å². The largest absolute Gasteiger partial charge is 0.355 e. The van der Waals surface area contributed by atoms with Gasteiger partial charge in [-0.3, -0.25) is 14.7 Å². The summed E-state index contributed by atoms with van der Waals surface area (Å²) in [7, 11) is 1.75. The van der Waals surface area contributed by atoms with E-state index in [9.17, 15) is 4.79 Å². The van der Waals surface area contributed by atoms with Gasteiger partial charge in [-0.05, 0) is 38.8 Å². The molecule has 0 bridgehead atoms. The van der Waals surface area contributed by atoms with Gasteiger partial charge in [-0.1, -0.05) is 26.2 Å². The standard InChI is InChI=1S/C17H33N5O/c1-3-22-11-7-10-15(22)12-19-17(18-2)20-13-16(23)21-14-8-5-4-6-9-14/h14-15H,3-13H2,1-2H3,(H,21,23)(H2,18,19,20). The van der Waals surface area contributed by atoms with Crippen molar-refractivity contribution in [3.8, 4) is 0 Å². The molecule has 3 N–H and O–H groups in total. The lowest BCUT2D eigenvalue weighted by Gasteiger charge is -2.24. The van der Waals surface area contributed by atoms with Gasteiger partial charge in [-0.15, -0.1) is 0 Å². The maximum absolute atomic E-state index is 12.0. The molecule has 0 aromatic rings. The maximum atomic E-state index is 12.0. The van der Waals surface area contributed by atoms with Crippen LogP contribution in [0.5, 0.6) is 0 Å². The van der Waals surface area contributed by atoms with E-state index in [-0.39, 0.29) is 5.91 Å². The molecule has 23 heavy (non-hydrogen) atoms. The summed E-state index contributed by atoms with van der Waals surface area (Å²) in [6.45, 7) is 5.68. The second-order valence-electron chi connectivity index (χ2n) is 6.63. The van der Waals surface area contributed by atoms with Gasteiger partial charge in [-0.25, -0.2) is 0 Å². The molecule has 1 amide bonds. The maximum Gasteiger partial charge on any atom is 0.239 e. The molecule has 1 aliphatic heterocycles. The number of nitrogens with zero attached hydrogens (tertiary/aromatic N) is 2. The van der Waals surface area contributed by atoms with Crippen molar-refractivity contribution in [2.45, 2.75) is 64.0 Å². The number of carbonyl (C=O) groups excluding carboxylic acids is 1. The Morgan fingerprint density at radius 2 is 1.91 bits per heavy atom. The molecule has 1 heterocycles. The number of nitrogens with one attached hydrogen (secondary N) is 3. The van der Waals surface area contributed by atoms with Gasteiger partial charge >= 0.3 is 0 Å². The van der Waals surface area contributed by atoms with E-state index in [1.165, 1.54) is 38.6 Å². The molecule has 1 saturated carbocycles. The van der Waals surface area contributed by atoms with Crippen LogP contribution in [-0.2, 0) is 4.79 Å². The Morgan fingerprint density at radius 3 is 2.61 bits per heavy atom. The summed E-state index contributed by atoms with van der Waals surface area (Å²) in [5.74, 6) is 0.780. The fourth-order valence-corrected chi connectivity index (χ4v) is 3.67. The van der Waals surface area contributed by atoms with Crippen LogP contribution in [0, 0.1) is 0 Å². The Morgan fingerprint density at radius 1 is 1.13 bits per heavy atom. The average Bonchev–Trinajstić information content (AvgIpc) is 3.03. The third-order valence-electron chi connectivity index (χ3n) is 5.02. The molecule has 1 unspecified atom stereocenters. The van der Waals surface area contributed by atoms with E-state index in [2.05, 4.69) is 32.8 Å². The zero-order valence-corrected chi connectivity index (χ0v) is 14.7. The monoisotopic (exact) mass is 323 g/mol. The summed E-state index contributed by atoms with van der Waals surface area (Å²) < 4.78 is 0. The van der Waals surface area contributed by atoms with E-state index in [1.807, 2.05) is 0 Å². The molecule has 2 rings (SSSR count). The van der Waals surface area contributed by atoms with E-state index in [0.717, 1.165) is 25.9 Å². The molecule has 0 aromatic heterocycles. The van der Waals surface area contributed by atoms with Crippen molar-refractivity contribution < 1.29 is 4.79 Å². The number of amides is 1. The van der Waals surface area contributed by atoms with Gasteiger partial charge in [0.1, 0.15) is 0 Å². The van der Waals surface area contributed by atoms with E-state index in [4.69, 9.17) is 0 Å². The topological polar surface area (TPSA) is 68.8 Å². The fraction of sp³-hybridized carbons (Fsp3) is 0.882. The van der Waals surface area contributed by atoms with Crippen molar-refractivity contribution in [3.05, 3.63) is 0 Å². The highest BCUT2D eigenvalue weighted by atomic mass is 16.2. The molecule has 1 atom stereocenters. The van der Waals surface area contributed by atoms with Crippen molar-refractivity contribution in [2.75, 3.05) is 33.2 Å². The quantitative estimate of drug-likeness (QED) is 0.505. The Labute approximate surface area is 140 Å². The number of likely N-dealkylation sites (tertiary alicyclic amines) is 1. The van der Waals surface area contributed by atoms with Crippen molar-refractivity contribution in [3.63, 3.8) is 0 Å². The van der Waals surface area contributed by atoms with Crippen LogP contribution in [0.2, 0.25) is 0 Å². The number of guanidine groups is 1. The van der Waals surface area contributed by atoms with Crippen LogP contribution in [0.1, 0.15) is 51.9 Å². The molecule has 1 aliphatic carbocycles. The summed E-state index contributed by atoms with van der Waals surface area (Å²) in [6.07, 6.45) is 8.52. The highest BCUT2D eigenvalue weighted by Gasteiger charge is 2.22. The summed E-state index contributed by atoms with van der Waals surface area (Å²) in [5, 5.41) is 9.60. The molecule has 132 valence electrons. The van der Waals surface area contributed by atoms with Crippen LogP contribution in [0.4, 0.5) is 0 Å². The van der Waals surface area contributed by atoms with Crippen molar-refractivity contribution in [1.29, 1.82) is 0 Å². The highest BCUT2D eigenvalue weighted by molar-refractivity contribution is 5.86. The number of hydrogen-bond acceptors (Lipinski definition) is 3. The van der Waals surface area contributed by atoms with Crippen LogP contribution >= 0.6 is 0 Å². The molecule has 2 fully saturated rings. The molecule has 0 spiro atoms. The van der Waals surface area contributed by atoms with Crippen LogP contribution in [0.25, 0.3) is 0 Å². The molecule has 6 nitrogen and oxygen atoms in total. The average molecular weight is 323 g/mol.